The first-order valence-electron chi connectivity index (χ1n) is 5.57. The highest BCUT2D eigenvalue weighted by molar-refractivity contribution is 6.06. The van der Waals surface area contributed by atoms with Gasteiger partial charge in [0.05, 0.1) is 0 Å². The molecule has 0 amide bonds. The molecule has 5 nitrogen and oxygen atoms in total. The van der Waals surface area contributed by atoms with Crippen LogP contribution < -0.4 is 10.6 Å². The van der Waals surface area contributed by atoms with E-state index in [9.17, 15) is 0 Å². The first kappa shape index (κ1) is 11.4. The Morgan fingerprint density at radius 2 is 1.88 bits per heavy atom. The van der Waals surface area contributed by atoms with Gasteiger partial charge in [0.15, 0.2) is 0 Å². The summed E-state index contributed by atoms with van der Waals surface area (Å²) in [5.41, 5.74) is 1.01. The zero-order valence-electron chi connectivity index (χ0n) is 10.3. The molecule has 1 atom stereocenters. The second kappa shape index (κ2) is 4.86. The molecule has 0 aromatic heterocycles. The van der Waals surface area contributed by atoms with Crippen LogP contribution in [0, 0.1) is 0 Å². The highest BCUT2D eigenvalue weighted by Gasteiger charge is 2.14. The second-order valence-corrected chi connectivity index (χ2v) is 4.07. The van der Waals surface area contributed by atoms with Crippen LogP contribution in [-0.4, -0.2) is 37.1 Å². The van der Waals surface area contributed by atoms with Crippen molar-refractivity contribution >= 4 is 17.6 Å². The predicted molar refractivity (Wildman–Crippen MR) is 71.2 cm³/mol. The summed E-state index contributed by atoms with van der Waals surface area (Å²) >= 11 is 0. The number of hydrogen-bond donors (Lipinski definition) is 2. The van der Waals surface area contributed by atoms with Gasteiger partial charge >= 0.3 is 0 Å². The van der Waals surface area contributed by atoms with Crippen LogP contribution in [0.25, 0.3) is 0 Å². The highest BCUT2D eigenvalue weighted by Crippen LogP contribution is 2.07. The summed E-state index contributed by atoms with van der Waals surface area (Å²) in [5, 5.41) is 6.37. The summed E-state index contributed by atoms with van der Waals surface area (Å²) < 4.78 is 0. The topological polar surface area (TPSA) is 52.0 Å². The van der Waals surface area contributed by atoms with Crippen molar-refractivity contribution in [1.82, 2.24) is 10.2 Å². The fourth-order valence-electron chi connectivity index (χ4n) is 1.51. The molecule has 1 aromatic carbocycles. The smallest absolute Gasteiger partial charge is 0.204 e. The van der Waals surface area contributed by atoms with Gasteiger partial charge in [0.25, 0.3) is 0 Å². The lowest BCUT2D eigenvalue weighted by Gasteiger charge is -2.24. The lowest BCUT2D eigenvalue weighted by atomic mass is 10.3. The molecule has 1 heterocycles. The van der Waals surface area contributed by atoms with Gasteiger partial charge in [-0.1, -0.05) is 18.2 Å². The molecule has 0 fully saturated rings. The van der Waals surface area contributed by atoms with Crippen molar-refractivity contribution in [3.05, 3.63) is 30.3 Å². The number of anilines is 1. The van der Waals surface area contributed by atoms with Gasteiger partial charge in [-0.15, -0.1) is 0 Å². The summed E-state index contributed by atoms with van der Waals surface area (Å²) in [7, 11) is 3.90. The first-order valence-corrected chi connectivity index (χ1v) is 5.57. The van der Waals surface area contributed by atoms with E-state index in [0.29, 0.717) is 0 Å². The summed E-state index contributed by atoms with van der Waals surface area (Å²) in [6, 6.07) is 9.94. The summed E-state index contributed by atoms with van der Waals surface area (Å²) in [4.78, 5) is 10.7. The van der Waals surface area contributed by atoms with Gasteiger partial charge in [-0.25, -0.2) is 9.98 Å². The lowest BCUT2D eigenvalue weighted by Crippen LogP contribution is -2.46. The maximum atomic E-state index is 4.39. The van der Waals surface area contributed by atoms with Crippen molar-refractivity contribution < 1.29 is 0 Å². The van der Waals surface area contributed by atoms with Crippen LogP contribution in [0.1, 0.15) is 6.92 Å². The minimum Gasteiger partial charge on any atom is -0.349 e. The number of nitrogens with zero attached hydrogens (tertiary/aromatic N) is 3. The van der Waals surface area contributed by atoms with Crippen molar-refractivity contribution in [2.24, 2.45) is 9.98 Å². The maximum Gasteiger partial charge on any atom is 0.204 e. The van der Waals surface area contributed by atoms with Crippen molar-refractivity contribution in [2.75, 3.05) is 19.4 Å². The van der Waals surface area contributed by atoms with Gasteiger partial charge in [-0.3, -0.25) is 5.32 Å². The quantitative estimate of drug-likeness (QED) is 0.766. The Balaban J connectivity index is 2.08. The van der Waals surface area contributed by atoms with Crippen molar-refractivity contribution in [3.8, 4) is 0 Å². The van der Waals surface area contributed by atoms with Crippen LogP contribution in [0.15, 0.2) is 40.3 Å². The Morgan fingerprint density at radius 3 is 2.53 bits per heavy atom. The molecule has 0 bridgehead atoms. The second-order valence-electron chi connectivity index (χ2n) is 4.07. The van der Waals surface area contributed by atoms with E-state index in [0.717, 1.165) is 17.6 Å². The molecular weight excluding hydrogens is 214 g/mol. The predicted octanol–water partition coefficient (Wildman–Crippen LogP) is 1.32. The Bertz CT molecular complexity index is 435. The average Bonchev–Trinajstić information content (AvgIpc) is 2.29. The number of hydrogen-bond acceptors (Lipinski definition) is 5. The molecule has 0 saturated carbocycles. The van der Waals surface area contributed by atoms with Gasteiger partial charge in [-0.2, -0.15) is 0 Å². The fourth-order valence-corrected chi connectivity index (χ4v) is 1.51. The summed E-state index contributed by atoms with van der Waals surface area (Å²) in [6.45, 7) is 1.96. The molecule has 1 aliphatic heterocycles. The molecule has 17 heavy (non-hydrogen) atoms. The number of benzene rings is 1. The standard InChI is InChI=1S/C12H17N5/c1-9-13-11(16-12(14-9)17(2)3)15-10-7-5-4-6-8-10/h4-9H,1-3H3,(H2,13,14,15,16). The Kier molecular flexibility index (Phi) is 3.27. The van der Waals surface area contributed by atoms with Crippen molar-refractivity contribution in [1.29, 1.82) is 0 Å². The van der Waals surface area contributed by atoms with E-state index < -0.39 is 0 Å². The van der Waals surface area contributed by atoms with Crippen LogP contribution in [0.4, 0.5) is 5.69 Å². The first-order chi connectivity index (χ1) is 8.15. The SMILES string of the molecule is CC1N=C(Nc2ccccc2)NC(N(C)C)=N1. The fraction of sp³-hybridized carbons (Fsp3) is 0.333. The Morgan fingerprint density at radius 1 is 1.18 bits per heavy atom. The third-order valence-electron chi connectivity index (χ3n) is 2.32. The van der Waals surface area contributed by atoms with Gasteiger partial charge in [-0.05, 0) is 19.1 Å². The minimum atomic E-state index is -0.0696. The van der Waals surface area contributed by atoms with E-state index in [2.05, 4.69) is 20.6 Å². The lowest BCUT2D eigenvalue weighted by molar-refractivity contribution is 0.582. The Hall–Kier alpha value is -2.04. The molecule has 0 spiro atoms. The van der Waals surface area contributed by atoms with Crippen molar-refractivity contribution in [3.63, 3.8) is 0 Å². The number of guanidine groups is 2. The van der Waals surface area contributed by atoms with Crippen molar-refractivity contribution in [2.45, 2.75) is 13.1 Å². The molecule has 2 N–H and O–H groups in total. The normalized spacial score (nSPS) is 18.9. The summed E-state index contributed by atoms with van der Waals surface area (Å²) in [6.07, 6.45) is -0.0696. The number of para-hydroxylation sites is 1. The molecule has 1 aliphatic rings. The zero-order valence-corrected chi connectivity index (χ0v) is 10.3. The molecule has 0 aliphatic carbocycles. The van der Waals surface area contributed by atoms with Crippen LogP contribution in [0.5, 0.6) is 0 Å². The number of aliphatic imine (C=N–C) groups is 2. The molecule has 1 aromatic rings. The number of rotatable bonds is 1. The van der Waals surface area contributed by atoms with E-state index in [1.807, 2.05) is 56.3 Å². The van der Waals surface area contributed by atoms with Gasteiger partial charge < -0.3 is 10.2 Å². The van der Waals surface area contributed by atoms with Crippen LogP contribution in [0.2, 0.25) is 0 Å². The Labute approximate surface area is 101 Å². The molecule has 5 heteroatoms. The molecule has 1 unspecified atom stereocenters. The van der Waals surface area contributed by atoms with E-state index in [-0.39, 0.29) is 6.17 Å². The monoisotopic (exact) mass is 231 g/mol. The van der Waals surface area contributed by atoms with Gasteiger partial charge in [0.1, 0.15) is 6.17 Å². The minimum absolute atomic E-state index is 0.0696. The summed E-state index contributed by atoms with van der Waals surface area (Å²) in [5.74, 6) is 1.54. The van der Waals surface area contributed by atoms with Crippen LogP contribution in [-0.2, 0) is 0 Å². The molecule has 90 valence electrons. The van der Waals surface area contributed by atoms with E-state index >= 15 is 0 Å². The molecular formula is C12H17N5. The molecule has 2 rings (SSSR count). The van der Waals surface area contributed by atoms with E-state index in [1.54, 1.807) is 0 Å². The third-order valence-corrected chi connectivity index (χ3v) is 2.32. The molecule has 0 saturated heterocycles. The van der Waals surface area contributed by atoms with Gasteiger partial charge in [0.2, 0.25) is 11.9 Å². The van der Waals surface area contributed by atoms with Crippen LogP contribution in [0.3, 0.4) is 0 Å². The highest BCUT2D eigenvalue weighted by atomic mass is 15.4. The largest absolute Gasteiger partial charge is 0.349 e. The average molecular weight is 231 g/mol. The third kappa shape index (κ3) is 2.96. The molecule has 0 radical (unpaired) electrons. The number of nitrogens with one attached hydrogen (secondary N) is 2. The van der Waals surface area contributed by atoms with Gasteiger partial charge in [0, 0.05) is 19.8 Å². The maximum absolute atomic E-state index is 4.39. The van der Waals surface area contributed by atoms with E-state index in [1.165, 1.54) is 0 Å². The van der Waals surface area contributed by atoms with Crippen LogP contribution >= 0.6 is 0 Å². The zero-order chi connectivity index (χ0) is 12.3. The van der Waals surface area contributed by atoms with E-state index in [4.69, 9.17) is 0 Å².